The quantitative estimate of drug-likeness (QED) is 0.110. The zero-order chi connectivity index (χ0) is 81.2. The zero-order valence-corrected chi connectivity index (χ0v) is 68.9. The van der Waals surface area contributed by atoms with Crippen LogP contribution in [-0.2, 0) is 67.0 Å². The molecule has 620 valence electrons. The van der Waals surface area contributed by atoms with E-state index in [4.69, 9.17) is 32.7 Å². The van der Waals surface area contributed by atoms with Gasteiger partial charge in [0.1, 0.15) is 59.9 Å². The van der Waals surface area contributed by atoms with E-state index in [1.54, 1.807) is 19.1 Å². The van der Waals surface area contributed by atoms with Crippen LogP contribution >= 0.6 is 23.2 Å². The van der Waals surface area contributed by atoms with Crippen molar-refractivity contribution in [2.75, 3.05) is 89.2 Å². The fraction of sp³-hybridized carbons (Fsp3) is 0.823. The molecule has 26 nitrogen and oxygen atoms in total. The van der Waals surface area contributed by atoms with Crippen LogP contribution in [0.5, 0.6) is 0 Å². The number of hydrogen-bond donors (Lipinski definition) is 3. The van der Waals surface area contributed by atoms with Crippen molar-refractivity contribution in [2.24, 2.45) is 35.0 Å². The highest BCUT2D eigenvalue weighted by atomic mass is 35.5. The second-order valence-electron chi connectivity index (χ2n) is 34.0. The van der Waals surface area contributed by atoms with Gasteiger partial charge in [0.05, 0.1) is 43.1 Å². The number of hydrogen-bond acceptors (Lipinski definition) is 14. The summed E-state index contributed by atoms with van der Waals surface area (Å²) >= 11 is 13.4. The first-order chi connectivity index (χ1) is 51.8. The van der Waals surface area contributed by atoms with E-state index in [2.05, 4.69) is 16.0 Å². The largest absolute Gasteiger partial charge is 0.391 e. The summed E-state index contributed by atoms with van der Waals surface area (Å²) in [5.74, 6) is -11.4. The van der Waals surface area contributed by atoms with Crippen molar-refractivity contribution >= 4 is 94.1 Å². The molecule has 0 aromatic carbocycles. The fourth-order valence-electron chi connectivity index (χ4n) is 18.7. The van der Waals surface area contributed by atoms with Crippen molar-refractivity contribution in [1.29, 1.82) is 0 Å². The van der Waals surface area contributed by atoms with Crippen LogP contribution in [0.2, 0.25) is 0 Å². The Balaban J connectivity index is 1.23. The van der Waals surface area contributed by atoms with Crippen molar-refractivity contribution in [2.45, 2.75) is 291 Å². The van der Waals surface area contributed by atoms with Crippen LogP contribution in [0.3, 0.4) is 0 Å². The number of nitrogens with zero attached hydrogens (tertiary/aromatic N) is 9. The van der Waals surface area contributed by atoms with Crippen LogP contribution in [0.15, 0.2) is 12.2 Å². The Morgan fingerprint density at radius 1 is 0.645 bits per heavy atom. The monoisotopic (exact) mass is 1590 g/mol. The van der Waals surface area contributed by atoms with Crippen molar-refractivity contribution in [3.63, 3.8) is 0 Å². The molecule has 4 saturated carbocycles. The molecule has 1 spiro atoms. The molecule has 4 aliphatic carbocycles. The maximum Gasteiger partial charge on any atom is 0.391 e. The fourth-order valence-corrected chi connectivity index (χ4v) is 19.3. The third-order valence-corrected chi connectivity index (χ3v) is 26.5. The van der Waals surface area contributed by atoms with Gasteiger partial charge in [-0.1, -0.05) is 85.8 Å². The number of carbonyl (C=O) groups excluding carboxylic acids is 12. The number of carbonyl (C=O) groups is 12. The molecule has 4 heterocycles. The Kier molecular flexibility index (Phi) is 31.4. The van der Waals surface area contributed by atoms with Gasteiger partial charge in [-0.3, -0.25) is 57.5 Å². The molecule has 8 aliphatic rings. The second-order valence-corrected chi connectivity index (χ2v) is 35.1. The number of methoxy groups -OCH3 is 1. The smallest absolute Gasteiger partial charge is 0.382 e. The molecule has 0 radical (unpaired) electrons. The molecule has 3 saturated heterocycles. The maximum absolute atomic E-state index is 15.9. The predicted octanol–water partition coefficient (Wildman–Crippen LogP) is 7.04. The van der Waals surface area contributed by atoms with Crippen LogP contribution in [0.4, 0.5) is 13.2 Å². The van der Waals surface area contributed by atoms with Crippen LogP contribution in [0.25, 0.3) is 0 Å². The summed E-state index contributed by atoms with van der Waals surface area (Å²) in [6.07, 6.45) is 4.97. The summed E-state index contributed by atoms with van der Waals surface area (Å²) in [5, 5.41) is 8.32. The van der Waals surface area contributed by atoms with Crippen LogP contribution in [0, 0.1) is 35.0 Å². The molecule has 2 bridgehead atoms. The minimum Gasteiger partial charge on any atom is -0.382 e. The maximum atomic E-state index is 15.9. The van der Waals surface area contributed by atoms with Gasteiger partial charge in [0, 0.05) is 87.9 Å². The molecule has 31 heteroatoms. The van der Waals surface area contributed by atoms with Gasteiger partial charge in [-0.2, -0.15) is 13.2 Å². The average Bonchev–Trinajstić information content (AvgIpc) is 0.858. The summed E-state index contributed by atoms with van der Waals surface area (Å²) in [4.78, 5) is 196. The lowest BCUT2D eigenvalue weighted by Gasteiger charge is -2.54. The summed E-state index contributed by atoms with van der Waals surface area (Å²) in [6, 6.07) is -11.9. The summed E-state index contributed by atoms with van der Waals surface area (Å²) in [6.45, 7) is 10.1. The number of likely N-dealkylation sites (N-methyl/N-ethyl adjacent to an activating group) is 6. The van der Waals surface area contributed by atoms with Crippen LogP contribution in [-0.4, -0.2) is 293 Å². The van der Waals surface area contributed by atoms with E-state index in [0.717, 1.165) is 40.4 Å². The highest BCUT2D eigenvalue weighted by Crippen LogP contribution is 2.50. The molecular formula is C79H125Cl2F3N12O14. The topological polar surface area (TPSA) is 289 Å². The number of amides is 12. The van der Waals surface area contributed by atoms with Gasteiger partial charge in [-0.15, -0.1) is 23.2 Å². The first-order valence-corrected chi connectivity index (χ1v) is 41.2. The van der Waals surface area contributed by atoms with E-state index in [0.29, 0.717) is 51.4 Å². The van der Waals surface area contributed by atoms with Gasteiger partial charge in [0.2, 0.25) is 70.9 Å². The highest BCUT2D eigenvalue weighted by Gasteiger charge is 2.60. The van der Waals surface area contributed by atoms with E-state index in [9.17, 15) is 27.6 Å². The SMILES string of the molecule is CCC(CC)[C@H]1C(=O)N(C)[C@H](C(=O)N(C)C)CC(=O)N(C)[C@@H](COC)C(=O)N[C@@H]([C@@H](C)CC)C(=O)N2CCC[C@H]2C(=O)N(C)[C@H]2C/C=C\CCN(C2=O)[C@@H](CC2CCC(C(F)(F)F)CC2)C(=O)N(C)CC(=O)N[C@@H](CCC2CCC(Cl)C(Cl)C2)C(=O)N2C[C@H](OC3CCCC3)C[C@H]2C(=O)NC2(CC(C)(C)C2)C(=O)N1C. The van der Waals surface area contributed by atoms with Crippen molar-refractivity contribution in [3.05, 3.63) is 12.2 Å². The minimum atomic E-state index is -4.45. The molecule has 0 aromatic rings. The molecule has 110 heavy (non-hydrogen) atoms. The van der Waals surface area contributed by atoms with E-state index in [1.165, 1.54) is 85.8 Å². The van der Waals surface area contributed by atoms with Crippen molar-refractivity contribution in [3.8, 4) is 0 Å². The average molecular weight is 1590 g/mol. The molecule has 3 N–H and O–H groups in total. The lowest BCUT2D eigenvalue weighted by atomic mass is 9.58. The summed E-state index contributed by atoms with van der Waals surface area (Å²) in [7, 11) is 11.3. The number of alkyl halides is 5. The molecule has 4 aliphatic heterocycles. The Hall–Kier alpha value is -6.33. The molecule has 3 unspecified atom stereocenters. The van der Waals surface area contributed by atoms with Crippen molar-refractivity contribution < 1.29 is 80.2 Å². The number of nitrogens with one attached hydrogen (secondary N) is 3. The molecule has 14 atom stereocenters. The van der Waals surface area contributed by atoms with E-state index in [1.807, 2.05) is 34.6 Å². The Morgan fingerprint density at radius 2 is 1.30 bits per heavy atom. The zero-order valence-electron chi connectivity index (χ0n) is 67.4. The van der Waals surface area contributed by atoms with Crippen LogP contribution in [0.1, 0.15) is 202 Å². The summed E-state index contributed by atoms with van der Waals surface area (Å²) in [5.41, 5.74) is -2.18. The first kappa shape index (κ1) is 89.2. The molecule has 7 fully saturated rings. The Labute approximate surface area is 658 Å². The van der Waals surface area contributed by atoms with E-state index in [-0.39, 0.29) is 126 Å². The Bertz CT molecular complexity index is 3310. The minimum absolute atomic E-state index is 0.0151. The number of halogens is 5. The molecular weight excluding hydrogens is 1470 g/mol. The summed E-state index contributed by atoms with van der Waals surface area (Å²) < 4.78 is 55.0. The lowest BCUT2D eigenvalue weighted by Crippen LogP contribution is -2.71. The van der Waals surface area contributed by atoms with Gasteiger partial charge in [0.25, 0.3) is 0 Å². The van der Waals surface area contributed by atoms with E-state index >= 15 is 43.2 Å². The first-order valence-electron chi connectivity index (χ1n) is 40.3. The second kappa shape index (κ2) is 38.7. The normalized spacial score (nSPS) is 32.4. The number of fused-ring (bicyclic) bond motifs is 4. The Morgan fingerprint density at radius 3 is 1.90 bits per heavy atom. The van der Waals surface area contributed by atoms with Gasteiger partial charge in [-0.25, -0.2) is 0 Å². The van der Waals surface area contributed by atoms with Gasteiger partial charge in [0.15, 0.2) is 0 Å². The molecule has 0 aromatic heterocycles. The number of ether oxygens (including phenoxy) is 2. The van der Waals surface area contributed by atoms with Gasteiger partial charge >= 0.3 is 6.18 Å². The van der Waals surface area contributed by atoms with Crippen molar-refractivity contribution in [1.82, 2.24) is 60.0 Å². The van der Waals surface area contributed by atoms with Crippen LogP contribution < -0.4 is 16.0 Å². The standard InChI is InChI=1S/C79H125Cl2F3N12O14/c1-15-47(4)65-74(106)94-37-23-27-58(94)72(104)91(11)57-26-19-18-22-36-95(73(57)105)61(39-49-28-32-51(33-29-49)79(82,83)84)71(103)89(9)43-63(97)85-56(35-31-48-30-34-54(80)55(81)38-48)69(101)96-42-53(110-52-24-20-21-25-52)40-59(96)68(100)87-78(45-77(5,6)46-78)76(108)93(13)66(50(16-2)17-3)75(107)92(12)60(70(102)88(7)8)41-64(98)90(10)62(44-109-14)67(99)86-65/h18-19,47-62,65-66H,15-17,20-46H2,1-14H3,(H,85,97)(H,86,99)(H,87,100)/b19-18-/t47-,48?,49?,51?,53+,54?,55?,56-,57-,58-,59-,60-,61-,62-,65-,66-/m0/s1. The molecule has 8 rings (SSSR count). The third kappa shape index (κ3) is 21.2. The third-order valence-electron chi connectivity index (χ3n) is 25.4. The van der Waals surface area contributed by atoms with Gasteiger partial charge in [-0.05, 0) is 145 Å². The molecule has 12 amide bonds. The highest BCUT2D eigenvalue weighted by molar-refractivity contribution is 6.30. The predicted molar refractivity (Wildman–Crippen MR) is 408 cm³/mol. The van der Waals surface area contributed by atoms with Gasteiger partial charge < -0.3 is 69.5 Å². The number of rotatable bonds is 15. The lowest BCUT2D eigenvalue weighted by molar-refractivity contribution is -0.184. The van der Waals surface area contributed by atoms with E-state index < -0.39 is 185 Å².